The molecule has 0 aliphatic heterocycles. The number of ether oxygens (including phenoxy) is 1. The second kappa shape index (κ2) is 9.22. The Morgan fingerprint density at radius 3 is 2.05 bits per heavy atom. The molecule has 0 amide bonds. The van der Waals surface area contributed by atoms with E-state index >= 15 is 0 Å². The fourth-order valence-corrected chi connectivity index (χ4v) is 1.54. The summed E-state index contributed by atoms with van der Waals surface area (Å²) in [6.45, 7) is 2.55. The van der Waals surface area contributed by atoms with Crippen molar-refractivity contribution in [1.29, 1.82) is 0 Å². The number of carbonyl (C=O) groups is 1. The zero-order valence-electron chi connectivity index (χ0n) is 11.6. The summed E-state index contributed by atoms with van der Waals surface area (Å²) < 4.78 is 4.60. The maximum Gasteiger partial charge on any atom is 0.337 e. The molecule has 0 aliphatic rings. The van der Waals surface area contributed by atoms with E-state index in [0.29, 0.717) is 6.42 Å². The lowest BCUT2D eigenvalue weighted by molar-refractivity contribution is -0.172. The summed E-state index contributed by atoms with van der Waals surface area (Å²) in [5, 5.41) is 55.3. The van der Waals surface area contributed by atoms with Gasteiger partial charge in [-0.05, 0) is 12.3 Å². The third kappa shape index (κ3) is 6.60. The van der Waals surface area contributed by atoms with Crippen molar-refractivity contribution in [2.24, 2.45) is 5.92 Å². The van der Waals surface area contributed by atoms with Gasteiger partial charge in [0.05, 0.1) is 12.7 Å². The van der Waals surface area contributed by atoms with Gasteiger partial charge in [0.15, 0.2) is 6.10 Å². The number of hydrogen-bond acceptors (Lipinski definition) is 8. The second-order valence-corrected chi connectivity index (χ2v) is 5.09. The zero-order valence-corrected chi connectivity index (χ0v) is 11.6. The Morgan fingerprint density at radius 2 is 1.60 bits per heavy atom. The fourth-order valence-electron chi connectivity index (χ4n) is 1.54. The highest BCUT2D eigenvalue weighted by Crippen LogP contribution is 2.08. The van der Waals surface area contributed by atoms with Gasteiger partial charge in [0, 0.05) is 0 Å². The Balaban J connectivity index is 4.26. The first-order valence-electron chi connectivity index (χ1n) is 6.38. The maximum atomic E-state index is 11.4. The summed E-state index contributed by atoms with van der Waals surface area (Å²) in [5.74, 6) is -1.04. The molecular formula is C12H24O8. The van der Waals surface area contributed by atoms with Gasteiger partial charge >= 0.3 is 5.97 Å². The molecule has 0 spiro atoms. The Kier molecular flexibility index (Phi) is 8.86. The Hall–Kier alpha value is -0.770. The molecule has 5 atom stereocenters. The summed E-state index contributed by atoms with van der Waals surface area (Å²) >= 11 is 0. The minimum absolute atomic E-state index is 0.195. The van der Waals surface area contributed by atoms with Crippen molar-refractivity contribution in [1.82, 2.24) is 0 Å². The second-order valence-electron chi connectivity index (χ2n) is 5.09. The molecule has 0 aromatic rings. The van der Waals surface area contributed by atoms with Crippen LogP contribution in [0.1, 0.15) is 20.3 Å². The van der Waals surface area contributed by atoms with Crippen molar-refractivity contribution < 1.29 is 40.2 Å². The summed E-state index contributed by atoms with van der Waals surface area (Å²) in [5.41, 5.74) is 0. The van der Waals surface area contributed by atoms with Gasteiger partial charge in [-0.25, -0.2) is 4.79 Å². The van der Waals surface area contributed by atoms with Crippen LogP contribution in [0.25, 0.3) is 0 Å². The lowest BCUT2D eigenvalue weighted by atomic mass is 10.0. The average Bonchev–Trinajstić information content (AvgIpc) is 2.40. The van der Waals surface area contributed by atoms with Crippen molar-refractivity contribution in [3.05, 3.63) is 0 Å². The number of carbonyl (C=O) groups excluding carboxylic acids is 1. The summed E-state index contributed by atoms with van der Waals surface area (Å²) in [7, 11) is 0. The van der Waals surface area contributed by atoms with Gasteiger partial charge in [-0.3, -0.25) is 0 Å². The molecular weight excluding hydrogens is 272 g/mol. The van der Waals surface area contributed by atoms with E-state index < -0.39 is 43.1 Å². The molecule has 8 nitrogen and oxygen atoms in total. The van der Waals surface area contributed by atoms with Gasteiger partial charge in [-0.1, -0.05) is 13.8 Å². The Morgan fingerprint density at radius 1 is 1.05 bits per heavy atom. The molecule has 0 radical (unpaired) electrons. The minimum Gasteiger partial charge on any atom is -0.461 e. The van der Waals surface area contributed by atoms with Gasteiger partial charge in [-0.15, -0.1) is 0 Å². The van der Waals surface area contributed by atoms with Gasteiger partial charge < -0.3 is 35.4 Å². The number of aliphatic hydroxyl groups excluding tert-OH is 6. The van der Waals surface area contributed by atoms with Crippen LogP contribution in [0.2, 0.25) is 0 Å². The van der Waals surface area contributed by atoms with Crippen LogP contribution in [0.3, 0.4) is 0 Å². The summed E-state index contributed by atoms with van der Waals surface area (Å²) in [4.78, 5) is 11.4. The summed E-state index contributed by atoms with van der Waals surface area (Å²) in [6.07, 6.45) is -8.18. The monoisotopic (exact) mass is 296 g/mol. The first-order valence-corrected chi connectivity index (χ1v) is 6.38. The lowest BCUT2D eigenvalue weighted by Crippen LogP contribution is -2.49. The van der Waals surface area contributed by atoms with E-state index in [4.69, 9.17) is 10.2 Å². The predicted octanol–water partition coefficient (Wildman–Crippen LogP) is -2.63. The van der Waals surface area contributed by atoms with Crippen LogP contribution in [0.5, 0.6) is 0 Å². The standard InChI is InChI=1S/C12H24O8/c1-6(2)3-7(14)5-20-12(19)11(18)10(17)9(16)8(15)4-13/h6-11,13-18H,3-5H2,1-2H3. The van der Waals surface area contributed by atoms with Crippen LogP contribution >= 0.6 is 0 Å². The summed E-state index contributed by atoms with van der Waals surface area (Å²) in [6, 6.07) is 0. The van der Waals surface area contributed by atoms with Crippen molar-refractivity contribution in [3.8, 4) is 0 Å². The fraction of sp³-hybridized carbons (Fsp3) is 0.917. The quantitative estimate of drug-likeness (QED) is 0.253. The molecule has 120 valence electrons. The van der Waals surface area contributed by atoms with Crippen molar-refractivity contribution in [2.45, 2.75) is 50.8 Å². The van der Waals surface area contributed by atoms with E-state index in [9.17, 15) is 25.2 Å². The van der Waals surface area contributed by atoms with E-state index in [1.54, 1.807) is 0 Å². The number of esters is 1. The molecule has 0 heterocycles. The van der Waals surface area contributed by atoms with Crippen molar-refractivity contribution >= 4 is 5.97 Å². The van der Waals surface area contributed by atoms with E-state index in [1.807, 2.05) is 13.8 Å². The van der Waals surface area contributed by atoms with Crippen molar-refractivity contribution in [2.75, 3.05) is 13.2 Å². The normalized spacial score (nSPS) is 19.2. The van der Waals surface area contributed by atoms with Crippen LogP contribution in [0, 0.1) is 5.92 Å². The average molecular weight is 296 g/mol. The molecule has 0 saturated carbocycles. The topological polar surface area (TPSA) is 148 Å². The van der Waals surface area contributed by atoms with Crippen LogP contribution in [-0.2, 0) is 9.53 Å². The smallest absolute Gasteiger partial charge is 0.337 e. The molecule has 0 aliphatic carbocycles. The molecule has 0 rings (SSSR count). The zero-order chi connectivity index (χ0) is 15.9. The lowest BCUT2D eigenvalue weighted by Gasteiger charge is -2.24. The van der Waals surface area contributed by atoms with Crippen molar-refractivity contribution in [3.63, 3.8) is 0 Å². The predicted molar refractivity (Wildman–Crippen MR) is 67.5 cm³/mol. The minimum atomic E-state index is -2.09. The molecule has 20 heavy (non-hydrogen) atoms. The highest BCUT2D eigenvalue weighted by molar-refractivity contribution is 5.75. The molecule has 0 saturated heterocycles. The van der Waals surface area contributed by atoms with Gasteiger partial charge in [-0.2, -0.15) is 0 Å². The third-order valence-corrected chi connectivity index (χ3v) is 2.66. The molecule has 0 aromatic carbocycles. The van der Waals surface area contributed by atoms with Crippen LogP contribution in [0.15, 0.2) is 0 Å². The Bertz CT molecular complexity index is 283. The van der Waals surface area contributed by atoms with Gasteiger partial charge in [0.2, 0.25) is 0 Å². The number of rotatable bonds is 9. The van der Waals surface area contributed by atoms with Crippen LogP contribution < -0.4 is 0 Å². The maximum absolute atomic E-state index is 11.4. The van der Waals surface area contributed by atoms with Gasteiger partial charge in [0.25, 0.3) is 0 Å². The molecule has 0 aromatic heterocycles. The largest absolute Gasteiger partial charge is 0.461 e. The molecule has 0 bridgehead atoms. The van der Waals surface area contributed by atoms with Gasteiger partial charge in [0.1, 0.15) is 24.9 Å². The van der Waals surface area contributed by atoms with E-state index in [-0.39, 0.29) is 12.5 Å². The highest BCUT2D eigenvalue weighted by atomic mass is 16.6. The molecule has 6 N–H and O–H groups in total. The van der Waals surface area contributed by atoms with Crippen LogP contribution in [-0.4, -0.2) is 80.3 Å². The first kappa shape index (κ1) is 19.2. The molecule has 5 unspecified atom stereocenters. The highest BCUT2D eigenvalue weighted by Gasteiger charge is 2.35. The molecule has 0 fully saturated rings. The number of hydrogen-bond donors (Lipinski definition) is 6. The van der Waals surface area contributed by atoms with Crippen LogP contribution in [0.4, 0.5) is 0 Å². The number of aliphatic hydroxyl groups is 6. The first-order chi connectivity index (χ1) is 9.20. The molecule has 8 heteroatoms. The third-order valence-electron chi connectivity index (χ3n) is 2.66. The Labute approximate surface area is 117 Å². The van der Waals surface area contributed by atoms with E-state index in [1.165, 1.54) is 0 Å². The SMILES string of the molecule is CC(C)CC(O)COC(=O)C(O)C(O)C(O)C(O)CO. The van der Waals surface area contributed by atoms with E-state index in [2.05, 4.69) is 4.74 Å². The van der Waals surface area contributed by atoms with E-state index in [0.717, 1.165) is 0 Å².